The zero-order chi connectivity index (χ0) is 13.6. The zero-order valence-electron chi connectivity index (χ0n) is 10.3. The number of piperidine rings is 1. The van der Waals surface area contributed by atoms with Crippen LogP contribution in [-0.4, -0.2) is 28.2 Å². The van der Waals surface area contributed by atoms with Gasteiger partial charge in [-0.15, -0.1) is 0 Å². The minimum absolute atomic E-state index is 0.123. The molecule has 2 atom stereocenters. The lowest BCUT2D eigenvalue weighted by Gasteiger charge is -2.38. The number of nitro groups is 1. The molecule has 2 aliphatic rings. The maximum absolute atomic E-state index is 13.2. The van der Waals surface area contributed by atoms with Crippen LogP contribution < -0.4 is 4.90 Å². The van der Waals surface area contributed by atoms with E-state index in [1.54, 1.807) is 0 Å². The van der Waals surface area contributed by atoms with E-state index >= 15 is 0 Å². The Labute approximate surface area is 109 Å². The van der Waals surface area contributed by atoms with E-state index in [0.29, 0.717) is 18.5 Å². The molecule has 1 aromatic carbocycles. The molecule has 2 fully saturated rings. The maximum Gasteiger partial charge on any atom is 0.295 e. The van der Waals surface area contributed by atoms with E-state index in [0.717, 1.165) is 18.9 Å². The first-order valence-electron chi connectivity index (χ1n) is 6.46. The number of aliphatic hydroxyl groups is 1. The normalized spacial score (nSPS) is 29.6. The van der Waals surface area contributed by atoms with E-state index in [9.17, 15) is 19.6 Å². The number of hydrogen-bond acceptors (Lipinski definition) is 4. The summed E-state index contributed by atoms with van der Waals surface area (Å²) in [5.41, 5.74) is 0.291. The summed E-state index contributed by atoms with van der Waals surface area (Å²) in [4.78, 5) is 12.5. The van der Waals surface area contributed by atoms with Crippen molar-refractivity contribution in [1.29, 1.82) is 0 Å². The molecule has 1 aromatic rings. The second-order valence-corrected chi connectivity index (χ2v) is 5.31. The van der Waals surface area contributed by atoms with Crippen molar-refractivity contribution in [3.05, 3.63) is 34.1 Å². The zero-order valence-corrected chi connectivity index (χ0v) is 10.3. The van der Waals surface area contributed by atoms with Crippen LogP contribution in [0.4, 0.5) is 15.8 Å². The Balaban J connectivity index is 2.01. The maximum atomic E-state index is 13.2. The van der Waals surface area contributed by atoms with Crippen molar-refractivity contribution in [2.75, 3.05) is 4.90 Å². The van der Waals surface area contributed by atoms with Gasteiger partial charge in [-0.25, -0.2) is 4.39 Å². The van der Waals surface area contributed by atoms with E-state index in [2.05, 4.69) is 0 Å². The molecular formula is C13H15FN2O3. The molecule has 2 saturated heterocycles. The molecule has 0 amide bonds. The lowest BCUT2D eigenvalue weighted by molar-refractivity contribution is -0.384. The van der Waals surface area contributed by atoms with Gasteiger partial charge in [-0.3, -0.25) is 10.1 Å². The minimum atomic E-state index is -0.597. The summed E-state index contributed by atoms with van der Waals surface area (Å²) in [5, 5.41) is 20.8. The number of benzene rings is 1. The van der Waals surface area contributed by atoms with E-state index in [1.165, 1.54) is 12.1 Å². The van der Waals surface area contributed by atoms with Crippen LogP contribution in [0.5, 0.6) is 0 Å². The molecule has 0 saturated carbocycles. The Kier molecular flexibility index (Phi) is 2.89. The van der Waals surface area contributed by atoms with E-state index < -0.39 is 10.7 Å². The molecule has 2 bridgehead atoms. The van der Waals surface area contributed by atoms with Gasteiger partial charge in [0.05, 0.1) is 17.1 Å². The molecular weight excluding hydrogens is 251 g/mol. The highest BCUT2D eigenvalue weighted by Crippen LogP contribution is 2.42. The Morgan fingerprint density at radius 2 is 1.95 bits per heavy atom. The lowest BCUT2D eigenvalue weighted by atomic mass is 9.98. The van der Waals surface area contributed by atoms with Crippen molar-refractivity contribution in [2.24, 2.45) is 0 Å². The van der Waals surface area contributed by atoms with Gasteiger partial charge in [0.2, 0.25) is 0 Å². The van der Waals surface area contributed by atoms with Crippen molar-refractivity contribution in [3.63, 3.8) is 0 Å². The Hall–Kier alpha value is -1.69. The number of nitrogens with zero attached hydrogens (tertiary/aromatic N) is 2. The molecule has 19 heavy (non-hydrogen) atoms. The number of rotatable bonds is 2. The molecule has 5 nitrogen and oxygen atoms in total. The first-order chi connectivity index (χ1) is 9.06. The molecule has 0 aliphatic carbocycles. The van der Waals surface area contributed by atoms with Crippen LogP contribution in [0.15, 0.2) is 18.2 Å². The smallest absolute Gasteiger partial charge is 0.295 e. The van der Waals surface area contributed by atoms with Gasteiger partial charge in [0.1, 0.15) is 11.5 Å². The van der Waals surface area contributed by atoms with Crippen LogP contribution in [0.25, 0.3) is 0 Å². The molecule has 1 N–H and O–H groups in total. The van der Waals surface area contributed by atoms with Crippen LogP contribution in [0.1, 0.15) is 25.7 Å². The van der Waals surface area contributed by atoms with E-state index in [1.807, 2.05) is 4.90 Å². The van der Waals surface area contributed by atoms with Crippen molar-refractivity contribution >= 4 is 11.4 Å². The fraction of sp³-hybridized carbons (Fsp3) is 0.538. The van der Waals surface area contributed by atoms with Crippen LogP contribution >= 0.6 is 0 Å². The molecule has 0 aromatic heterocycles. The third-order valence-electron chi connectivity index (χ3n) is 4.12. The van der Waals surface area contributed by atoms with Gasteiger partial charge in [0.15, 0.2) is 0 Å². The van der Waals surface area contributed by atoms with Gasteiger partial charge in [0, 0.05) is 12.1 Å². The van der Waals surface area contributed by atoms with Crippen LogP contribution in [-0.2, 0) is 0 Å². The third kappa shape index (κ3) is 2.06. The highest BCUT2D eigenvalue weighted by atomic mass is 19.1. The first kappa shape index (κ1) is 12.3. The second kappa shape index (κ2) is 4.45. The van der Waals surface area contributed by atoms with Crippen molar-refractivity contribution in [1.82, 2.24) is 0 Å². The minimum Gasteiger partial charge on any atom is -0.393 e. The first-order valence-corrected chi connectivity index (χ1v) is 6.46. The number of aliphatic hydroxyl groups excluding tert-OH is 1. The monoisotopic (exact) mass is 266 g/mol. The van der Waals surface area contributed by atoms with Crippen LogP contribution in [0.2, 0.25) is 0 Å². The molecule has 3 rings (SSSR count). The fourth-order valence-corrected chi connectivity index (χ4v) is 3.40. The molecule has 2 heterocycles. The summed E-state index contributed by atoms with van der Waals surface area (Å²) in [6.07, 6.45) is 2.79. The Morgan fingerprint density at radius 1 is 1.32 bits per heavy atom. The van der Waals surface area contributed by atoms with Gasteiger partial charge >= 0.3 is 0 Å². The SMILES string of the molecule is O=[N+]([O-])c1cc(F)ccc1N1C2CCC1CC(O)C2. The fourth-order valence-electron chi connectivity index (χ4n) is 3.40. The molecule has 102 valence electrons. The molecule has 0 spiro atoms. The number of hydrogen-bond donors (Lipinski definition) is 1. The standard InChI is InChI=1S/C13H15FN2O3/c14-8-1-4-12(13(5-8)16(18)19)15-9-2-3-10(15)7-11(17)6-9/h1,4-5,9-11,17H,2-3,6-7H2. The number of halogens is 1. The summed E-state index contributed by atoms with van der Waals surface area (Å²) < 4.78 is 13.2. The number of anilines is 1. The largest absolute Gasteiger partial charge is 0.393 e. The number of fused-ring (bicyclic) bond motifs is 2. The molecule has 2 unspecified atom stereocenters. The van der Waals surface area contributed by atoms with Gasteiger partial charge in [0.25, 0.3) is 5.69 Å². The summed E-state index contributed by atoms with van der Waals surface area (Å²) in [6.45, 7) is 0. The quantitative estimate of drug-likeness (QED) is 0.658. The number of nitro benzene ring substituents is 1. The third-order valence-corrected chi connectivity index (χ3v) is 4.12. The van der Waals surface area contributed by atoms with Crippen molar-refractivity contribution in [2.45, 2.75) is 43.9 Å². The summed E-state index contributed by atoms with van der Waals surface area (Å²) >= 11 is 0. The van der Waals surface area contributed by atoms with Gasteiger partial charge in [-0.2, -0.15) is 0 Å². The van der Waals surface area contributed by atoms with Crippen LogP contribution in [0.3, 0.4) is 0 Å². The predicted molar refractivity (Wildman–Crippen MR) is 67.6 cm³/mol. The van der Waals surface area contributed by atoms with E-state index in [4.69, 9.17) is 0 Å². The Bertz CT molecular complexity index is 509. The highest BCUT2D eigenvalue weighted by molar-refractivity contribution is 5.65. The topological polar surface area (TPSA) is 66.6 Å². The lowest BCUT2D eigenvalue weighted by Crippen LogP contribution is -2.45. The van der Waals surface area contributed by atoms with Gasteiger partial charge in [-0.1, -0.05) is 0 Å². The highest BCUT2D eigenvalue weighted by Gasteiger charge is 2.42. The average molecular weight is 266 g/mol. The molecule has 6 heteroatoms. The second-order valence-electron chi connectivity index (χ2n) is 5.31. The average Bonchev–Trinajstić information content (AvgIpc) is 2.62. The van der Waals surface area contributed by atoms with Crippen molar-refractivity contribution in [3.8, 4) is 0 Å². The predicted octanol–water partition coefficient (Wildman–Crippen LogP) is 2.23. The summed E-state index contributed by atoms with van der Waals surface area (Å²) in [5.74, 6) is -0.597. The van der Waals surface area contributed by atoms with Gasteiger partial charge in [-0.05, 0) is 37.8 Å². The summed E-state index contributed by atoms with van der Waals surface area (Å²) in [6, 6.07) is 3.96. The van der Waals surface area contributed by atoms with Crippen molar-refractivity contribution < 1.29 is 14.4 Å². The van der Waals surface area contributed by atoms with Crippen LogP contribution in [0, 0.1) is 15.9 Å². The van der Waals surface area contributed by atoms with E-state index in [-0.39, 0.29) is 23.9 Å². The molecule has 0 radical (unpaired) electrons. The van der Waals surface area contributed by atoms with Gasteiger partial charge < -0.3 is 10.0 Å². The summed E-state index contributed by atoms with van der Waals surface area (Å²) in [7, 11) is 0. The Morgan fingerprint density at radius 3 is 2.53 bits per heavy atom. The molecule has 2 aliphatic heterocycles.